The van der Waals surface area contributed by atoms with Gasteiger partial charge in [-0.05, 0) is 45.5 Å². The van der Waals surface area contributed by atoms with Crippen LogP contribution in [0.1, 0.15) is 19.3 Å². The summed E-state index contributed by atoms with van der Waals surface area (Å²) in [5.74, 6) is -0.813. The molecular weight excluding hydrogens is 281 g/mol. The van der Waals surface area contributed by atoms with Crippen molar-refractivity contribution in [3.05, 3.63) is 24.1 Å². The van der Waals surface area contributed by atoms with Gasteiger partial charge in [-0.3, -0.25) is 0 Å². The van der Waals surface area contributed by atoms with E-state index in [2.05, 4.69) is 9.88 Å². The van der Waals surface area contributed by atoms with Crippen LogP contribution in [0.5, 0.6) is 0 Å². The summed E-state index contributed by atoms with van der Waals surface area (Å²) in [5.41, 5.74) is -0.146. The van der Waals surface area contributed by atoms with E-state index in [-0.39, 0.29) is 5.54 Å². The number of hydrogen-bond acceptors (Lipinski definition) is 4. The molecule has 20 heavy (non-hydrogen) atoms. The van der Waals surface area contributed by atoms with Crippen LogP contribution in [0.2, 0.25) is 0 Å². The SMILES string of the molecule is CN(C)C1(CN(C)S(=O)(=O)c2ncccc2F)CCC1. The number of nitrogens with zero attached hydrogens (tertiary/aromatic N) is 3. The molecule has 1 aromatic heterocycles. The molecule has 0 spiro atoms. The molecule has 0 unspecified atom stereocenters. The smallest absolute Gasteiger partial charge is 0.263 e. The lowest BCUT2D eigenvalue weighted by Gasteiger charge is -2.48. The average molecular weight is 301 g/mol. The van der Waals surface area contributed by atoms with Crippen molar-refractivity contribution in [1.29, 1.82) is 0 Å². The third-order valence-electron chi connectivity index (χ3n) is 4.13. The molecule has 0 atom stereocenters. The van der Waals surface area contributed by atoms with Crippen molar-refractivity contribution in [3.8, 4) is 0 Å². The standard InChI is InChI=1S/C13H20FN3O2S/c1-16(2)13(7-5-8-13)10-17(3)20(18,19)12-11(14)6-4-9-15-12/h4,6,9H,5,7-8,10H2,1-3H3. The Morgan fingerprint density at radius 1 is 1.35 bits per heavy atom. The highest BCUT2D eigenvalue weighted by Crippen LogP contribution is 2.37. The van der Waals surface area contributed by atoms with Crippen LogP contribution < -0.4 is 0 Å². The van der Waals surface area contributed by atoms with Gasteiger partial charge in [-0.1, -0.05) is 0 Å². The fraction of sp³-hybridized carbons (Fsp3) is 0.615. The Bertz CT molecular complexity index is 585. The molecule has 1 heterocycles. The fourth-order valence-electron chi connectivity index (χ4n) is 2.54. The molecule has 0 amide bonds. The normalized spacial score (nSPS) is 18.3. The predicted molar refractivity (Wildman–Crippen MR) is 74.3 cm³/mol. The average Bonchev–Trinajstić information content (AvgIpc) is 2.33. The first kappa shape index (κ1) is 15.3. The molecule has 0 aliphatic heterocycles. The molecular formula is C13H20FN3O2S. The number of aromatic nitrogens is 1. The molecule has 1 saturated carbocycles. The summed E-state index contributed by atoms with van der Waals surface area (Å²) in [6.45, 7) is 0.346. The van der Waals surface area contributed by atoms with Crippen LogP contribution in [0.25, 0.3) is 0 Å². The summed E-state index contributed by atoms with van der Waals surface area (Å²) < 4.78 is 39.7. The minimum atomic E-state index is -3.89. The van der Waals surface area contributed by atoms with E-state index in [9.17, 15) is 12.8 Å². The molecule has 0 saturated heterocycles. The maximum atomic E-state index is 13.7. The van der Waals surface area contributed by atoms with Gasteiger partial charge in [-0.25, -0.2) is 17.8 Å². The highest BCUT2D eigenvalue weighted by molar-refractivity contribution is 7.89. The molecule has 0 radical (unpaired) electrons. The molecule has 5 nitrogen and oxygen atoms in total. The highest BCUT2D eigenvalue weighted by Gasteiger charge is 2.42. The fourth-order valence-corrected chi connectivity index (χ4v) is 3.75. The lowest BCUT2D eigenvalue weighted by Crippen LogP contribution is -2.57. The number of sulfonamides is 1. The van der Waals surface area contributed by atoms with Crippen LogP contribution in [0.4, 0.5) is 4.39 Å². The largest absolute Gasteiger partial charge is 0.302 e. The topological polar surface area (TPSA) is 53.5 Å². The second kappa shape index (κ2) is 5.38. The summed E-state index contributed by atoms with van der Waals surface area (Å²) >= 11 is 0. The van der Waals surface area contributed by atoms with E-state index in [0.717, 1.165) is 25.3 Å². The highest BCUT2D eigenvalue weighted by atomic mass is 32.2. The van der Waals surface area contributed by atoms with Crippen LogP contribution in [-0.4, -0.2) is 55.8 Å². The molecule has 1 aliphatic carbocycles. The Kier molecular flexibility index (Phi) is 4.13. The van der Waals surface area contributed by atoms with E-state index in [4.69, 9.17) is 0 Å². The maximum absolute atomic E-state index is 13.7. The van der Waals surface area contributed by atoms with Gasteiger partial charge in [0.15, 0.2) is 5.82 Å². The number of rotatable bonds is 5. The van der Waals surface area contributed by atoms with Crippen molar-refractivity contribution in [1.82, 2.24) is 14.2 Å². The zero-order valence-electron chi connectivity index (χ0n) is 12.0. The van der Waals surface area contributed by atoms with Crippen molar-refractivity contribution in [2.75, 3.05) is 27.7 Å². The lowest BCUT2D eigenvalue weighted by molar-refractivity contribution is 0.0454. The Hall–Kier alpha value is -1.05. The third kappa shape index (κ3) is 2.57. The summed E-state index contributed by atoms with van der Waals surface area (Å²) in [6.07, 6.45) is 4.27. The Balaban J connectivity index is 2.24. The molecule has 0 bridgehead atoms. The van der Waals surface area contributed by atoms with Gasteiger partial charge in [0.2, 0.25) is 5.03 Å². The second-order valence-electron chi connectivity index (χ2n) is 5.52. The van der Waals surface area contributed by atoms with Gasteiger partial charge < -0.3 is 4.90 Å². The van der Waals surface area contributed by atoms with E-state index in [1.165, 1.54) is 23.6 Å². The second-order valence-corrected chi connectivity index (χ2v) is 7.48. The van der Waals surface area contributed by atoms with Gasteiger partial charge in [-0.15, -0.1) is 0 Å². The van der Waals surface area contributed by atoms with Crippen LogP contribution in [-0.2, 0) is 10.0 Å². The van der Waals surface area contributed by atoms with Gasteiger partial charge in [-0.2, -0.15) is 4.31 Å². The van der Waals surface area contributed by atoms with E-state index in [1.54, 1.807) is 0 Å². The quantitative estimate of drug-likeness (QED) is 0.823. The molecule has 2 rings (SSSR count). The van der Waals surface area contributed by atoms with Gasteiger partial charge in [0.05, 0.1) is 0 Å². The minimum Gasteiger partial charge on any atom is -0.302 e. The zero-order valence-corrected chi connectivity index (χ0v) is 12.8. The minimum absolute atomic E-state index is 0.146. The Morgan fingerprint density at radius 2 is 2.00 bits per heavy atom. The van der Waals surface area contributed by atoms with Crippen LogP contribution in [0.3, 0.4) is 0 Å². The van der Waals surface area contributed by atoms with Crippen molar-refractivity contribution in [3.63, 3.8) is 0 Å². The van der Waals surface area contributed by atoms with Gasteiger partial charge in [0, 0.05) is 25.3 Å². The first-order valence-corrected chi connectivity index (χ1v) is 7.98. The van der Waals surface area contributed by atoms with Crippen LogP contribution in [0.15, 0.2) is 23.4 Å². The maximum Gasteiger partial charge on any atom is 0.263 e. The Morgan fingerprint density at radius 3 is 2.45 bits per heavy atom. The molecule has 1 fully saturated rings. The first-order chi connectivity index (χ1) is 9.29. The predicted octanol–water partition coefficient (Wildman–Crippen LogP) is 1.33. The molecule has 7 heteroatoms. The van der Waals surface area contributed by atoms with Crippen LogP contribution >= 0.6 is 0 Å². The van der Waals surface area contributed by atoms with Crippen molar-refractivity contribution in [2.45, 2.75) is 29.8 Å². The summed E-state index contributed by atoms with van der Waals surface area (Å²) in [4.78, 5) is 5.72. The van der Waals surface area contributed by atoms with Crippen molar-refractivity contribution >= 4 is 10.0 Å². The lowest BCUT2D eigenvalue weighted by atomic mass is 9.75. The number of halogens is 1. The van der Waals surface area contributed by atoms with Gasteiger partial charge >= 0.3 is 0 Å². The number of likely N-dealkylation sites (N-methyl/N-ethyl adjacent to an activating group) is 2. The summed E-state index contributed by atoms with van der Waals surface area (Å²) in [5, 5.41) is -0.504. The first-order valence-electron chi connectivity index (χ1n) is 6.54. The monoisotopic (exact) mass is 301 g/mol. The number of hydrogen-bond donors (Lipinski definition) is 0. The molecule has 112 valence electrons. The molecule has 1 aliphatic rings. The van der Waals surface area contributed by atoms with Crippen molar-refractivity contribution in [2.24, 2.45) is 0 Å². The van der Waals surface area contributed by atoms with E-state index < -0.39 is 20.9 Å². The third-order valence-corrected chi connectivity index (χ3v) is 5.87. The van der Waals surface area contributed by atoms with E-state index in [0.29, 0.717) is 6.54 Å². The van der Waals surface area contributed by atoms with Gasteiger partial charge in [0.1, 0.15) is 0 Å². The number of pyridine rings is 1. The van der Waals surface area contributed by atoms with Gasteiger partial charge in [0.25, 0.3) is 10.0 Å². The van der Waals surface area contributed by atoms with E-state index in [1.807, 2.05) is 14.1 Å². The Labute approximate surface area is 119 Å². The molecule has 1 aromatic rings. The zero-order chi connectivity index (χ0) is 15.0. The molecule has 0 N–H and O–H groups in total. The van der Waals surface area contributed by atoms with Crippen molar-refractivity contribution < 1.29 is 12.8 Å². The van der Waals surface area contributed by atoms with E-state index >= 15 is 0 Å². The summed E-state index contributed by atoms with van der Waals surface area (Å²) in [7, 11) is 1.48. The van der Waals surface area contributed by atoms with Crippen LogP contribution in [0, 0.1) is 5.82 Å². The summed E-state index contributed by atoms with van der Waals surface area (Å²) in [6, 6.07) is 2.49. The molecule has 0 aromatic carbocycles.